The van der Waals surface area contributed by atoms with E-state index in [0.29, 0.717) is 69.1 Å². The molecule has 0 fully saturated rings. The van der Waals surface area contributed by atoms with E-state index in [0.717, 1.165) is 0 Å². The average molecular weight is 677 g/mol. The minimum atomic E-state index is -0.595. The van der Waals surface area contributed by atoms with Gasteiger partial charge in [0.05, 0.1) is 47.4 Å². The molecule has 6 aromatic rings. The van der Waals surface area contributed by atoms with Crippen molar-refractivity contribution >= 4 is 45.8 Å². The smallest absolute Gasteiger partial charge is 0.338 e. The van der Waals surface area contributed by atoms with Crippen LogP contribution in [-0.2, 0) is 22.6 Å². The molecule has 0 aliphatic carbocycles. The summed E-state index contributed by atoms with van der Waals surface area (Å²) in [5, 5.41) is 0. The zero-order valence-corrected chi connectivity index (χ0v) is 28.9. The highest BCUT2D eigenvalue weighted by molar-refractivity contribution is 6.00. The van der Waals surface area contributed by atoms with Gasteiger partial charge >= 0.3 is 11.9 Å². The predicted molar refractivity (Wildman–Crippen MR) is 193 cm³/mol. The number of nitrogens with two attached hydrogens (primary N) is 2. The quantitative estimate of drug-likeness (QED) is 0.169. The average Bonchev–Trinajstić information content (AvgIpc) is 3.71. The summed E-state index contributed by atoms with van der Waals surface area (Å²) in [6, 6.07) is 23.9. The van der Waals surface area contributed by atoms with Crippen molar-refractivity contribution in [3.05, 3.63) is 107 Å². The largest absolute Gasteiger partial charge is 0.465 e. The van der Waals surface area contributed by atoms with Crippen molar-refractivity contribution in [1.82, 2.24) is 19.1 Å². The van der Waals surface area contributed by atoms with E-state index in [9.17, 15) is 19.2 Å². The van der Waals surface area contributed by atoms with Crippen LogP contribution in [0.2, 0.25) is 0 Å². The minimum absolute atomic E-state index is 0.289. The Hall–Kier alpha value is -6.30. The third-order valence-corrected chi connectivity index (χ3v) is 7.76. The molecule has 12 heteroatoms. The van der Waals surface area contributed by atoms with Gasteiger partial charge in [-0.2, -0.15) is 0 Å². The lowest BCUT2D eigenvalue weighted by molar-refractivity contribution is 0.0592. The molecule has 0 saturated heterocycles. The molecule has 258 valence electrons. The maximum Gasteiger partial charge on any atom is 0.338 e. The number of benzene rings is 4. The van der Waals surface area contributed by atoms with Crippen molar-refractivity contribution in [3.63, 3.8) is 0 Å². The molecule has 0 radical (unpaired) electrons. The molecule has 0 aliphatic heterocycles. The molecule has 0 aliphatic rings. The van der Waals surface area contributed by atoms with Crippen LogP contribution in [0.5, 0.6) is 0 Å². The van der Waals surface area contributed by atoms with Gasteiger partial charge in [0.1, 0.15) is 11.6 Å². The number of nitrogens with zero attached hydrogens (tertiary/aromatic N) is 4. The van der Waals surface area contributed by atoms with Crippen LogP contribution in [0.4, 0.5) is 0 Å². The third kappa shape index (κ3) is 7.09. The second-order valence-corrected chi connectivity index (χ2v) is 10.4. The van der Waals surface area contributed by atoms with Crippen molar-refractivity contribution in [2.75, 3.05) is 14.2 Å². The van der Waals surface area contributed by atoms with Crippen LogP contribution in [0, 0.1) is 0 Å². The maximum atomic E-state index is 12.8. The molecule has 50 heavy (non-hydrogen) atoms. The fourth-order valence-corrected chi connectivity index (χ4v) is 5.56. The van der Waals surface area contributed by atoms with E-state index >= 15 is 0 Å². The molecule has 4 aromatic carbocycles. The molecule has 0 atom stereocenters. The molecular formula is C38H40N6O6. The van der Waals surface area contributed by atoms with Gasteiger partial charge in [-0.25, -0.2) is 19.6 Å². The number of fused-ring (bicyclic) bond motifs is 2. The van der Waals surface area contributed by atoms with Gasteiger partial charge in [-0.05, 0) is 48.5 Å². The van der Waals surface area contributed by atoms with Gasteiger partial charge in [-0.1, -0.05) is 64.1 Å². The van der Waals surface area contributed by atoms with Crippen LogP contribution in [0.1, 0.15) is 69.1 Å². The Balaban J connectivity index is 0.00000136. The van der Waals surface area contributed by atoms with Gasteiger partial charge < -0.3 is 30.1 Å². The Bertz CT molecular complexity index is 2040. The van der Waals surface area contributed by atoms with E-state index in [1.165, 1.54) is 14.2 Å². The number of carbonyl (C=O) groups is 4. The standard InChI is InChI=1S/C34H28N6O6.2C2H6/c1-45-33(43)23-9-5-3-7-21(23)31-37-25-17-19(29(35)41)11-13-27(25)39(31)15-16-40-28-14-12-20(30(36)42)18-26(28)38-32(40)22-8-4-6-10-24(22)34(44)46-2;2*1-2/h3-14,17-18H,15-16H2,1-2H3,(H2,35,41)(H2,36,42);2*1-2H3. The summed E-state index contributed by atoms with van der Waals surface area (Å²) in [5.74, 6) is -1.31. The van der Waals surface area contributed by atoms with Crippen molar-refractivity contribution in [2.45, 2.75) is 40.8 Å². The Morgan fingerprint density at radius 1 is 0.580 bits per heavy atom. The maximum absolute atomic E-state index is 12.8. The van der Waals surface area contributed by atoms with E-state index in [-0.39, 0.29) is 11.1 Å². The highest BCUT2D eigenvalue weighted by Gasteiger charge is 2.23. The lowest BCUT2D eigenvalue weighted by Gasteiger charge is -2.15. The number of aryl methyl sites for hydroxylation is 2. The number of carbonyl (C=O) groups excluding carboxylic acids is 4. The normalized spacial score (nSPS) is 10.4. The number of aromatic nitrogens is 4. The molecule has 6 rings (SSSR count). The van der Waals surface area contributed by atoms with E-state index in [2.05, 4.69) is 0 Å². The summed E-state index contributed by atoms with van der Waals surface area (Å²) < 4.78 is 13.9. The Morgan fingerprint density at radius 2 is 0.940 bits per heavy atom. The van der Waals surface area contributed by atoms with Crippen molar-refractivity contribution in [1.29, 1.82) is 0 Å². The van der Waals surface area contributed by atoms with Crippen LogP contribution in [0.3, 0.4) is 0 Å². The zero-order chi connectivity index (χ0) is 36.5. The number of hydrogen-bond acceptors (Lipinski definition) is 8. The second-order valence-electron chi connectivity index (χ2n) is 10.4. The van der Waals surface area contributed by atoms with Crippen molar-refractivity contribution in [3.8, 4) is 22.8 Å². The van der Waals surface area contributed by atoms with Crippen LogP contribution in [-0.4, -0.2) is 57.1 Å². The second kappa shape index (κ2) is 16.2. The fraction of sp³-hybridized carbons (Fsp3) is 0.211. The van der Waals surface area contributed by atoms with Crippen LogP contribution in [0.25, 0.3) is 44.8 Å². The summed E-state index contributed by atoms with van der Waals surface area (Å²) in [7, 11) is 2.62. The number of methoxy groups -OCH3 is 2. The van der Waals surface area contributed by atoms with Crippen molar-refractivity contribution < 1.29 is 28.7 Å². The molecule has 2 heterocycles. The predicted octanol–water partition coefficient (Wildman–Crippen LogP) is 6.24. The van der Waals surface area contributed by atoms with E-state index in [1.54, 1.807) is 84.9 Å². The first-order valence-electron chi connectivity index (χ1n) is 16.2. The number of primary amides is 2. The van der Waals surface area contributed by atoms with Gasteiger partial charge in [-0.15, -0.1) is 0 Å². The number of amides is 2. The number of hydrogen-bond donors (Lipinski definition) is 2. The number of rotatable bonds is 9. The Morgan fingerprint density at radius 3 is 1.28 bits per heavy atom. The zero-order valence-electron chi connectivity index (χ0n) is 28.9. The SMILES string of the molecule is CC.CC.COC(=O)c1ccccc1-c1nc2cc(C(N)=O)ccc2n1CCn1c(-c2ccccc2C(=O)OC)nc2cc(C(N)=O)ccc21. The van der Waals surface area contributed by atoms with E-state index in [4.69, 9.17) is 30.9 Å². The van der Waals surface area contributed by atoms with E-state index in [1.807, 2.05) is 36.8 Å². The number of esters is 2. The van der Waals surface area contributed by atoms with Gasteiger partial charge in [0.25, 0.3) is 0 Å². The highest BCUT2D eigenvalue weighted by Crippen LogP contribution is 2.32. The molecular weight excluding hydrogens is 636 g/mol. The number of imidazole rings is 2. The highest BCUT2D eigenvalue weighted by atomic mass is 16.5. The van der Waals surface area contributed by atoms with E-state index < -0.39 is 23.8 Å². The summed E-state index contributed by atoms with van der Waals surface area (Å²) in [6.07, 6.45) is 0. The Labute approximate surface area is 289 Å². The molecule has 12 nitrogen and oxygen atoms in total. The minimum Gasteiger partial charge on any atom is -0.465 e. The first-order valence-corrected chi connectivity index (χ1v) is 16.2. The molecule has 0 spiro atoms. The van der Waals surface area contributed by atoms with Gasteiger partial charge in [-0.3, -0.25) is 9.59 Å². The van der Waals surface area contributed by atoms with Crippen LogP contribution in [0.15, 0.2) is 84.9 Å². The molecule has 4 N–H and O–H groups in total. The molecule has 0 bridgehead atoms. The van der Waals surface area contributed by atoms with Crippen molar-refractivity contribution in [2.24, 2.45) is 11.5 Å². The third-order valence-electron chi connectivity index (χ3n) is 7.76. The first-order chi connectivity index (χ1) is 24.2. The lowest BCUT2D eigenvalue weighted by Crippen LogP contribution is -2.13. The monoisotopic (exact) mass is 676 g/mol. The van der Waals surface area contributed by atoms with Crippen LogP contribution < -0.4 is 11.5 Å². The number of ether oxygens (including phenoxy) is 2. The molecule has 2 amide bonds. The first kappa shape index (κ1) is 36.5. The summed E-state index contributed by atoms with van der Waals surface area (Å²) in [5.41, 5.74) is 15.8. The van der Waals surface area contributed by atoms with Gasteiger partial charge in [0, 0.05) is 35.3 Å². The summed E-state index contributed by atoms with van der Waals surface area (Å²) in [6.45, 7) is 8.63. The summed E-state index contributed by atoms with van der Waals surface area (Å²) in [4.78, 5) is 59.1. The lowest BCUT2D eigenvalue weighted by atomic mass is 10.1. The molecule has 2 aromatic heterocycles. The molecule has 0 saturated carbocycles. The van der Waals surface area contributed by atoms with Gasteiger partial charge in [0.2, 0.25) is 11.8 Å². The summed E-state index contributed by atoms with van der Waals surface area (Å²) >= 11 is 0. The topological polar surface area (TPSA) is 174 Å². The fourth-order valence-electron chi connectivity index (χ4n) is 5.56. The van der Waals surface area contributed by atoms with Crippen LogP contribution >= 0.6 is 0 Å². The van der Waals surface area contributed by atoms with Gasteiger partial charge in [0.15, 0.2) is 0 Å². The Kier molecular flexibility index (Phi) is 11.8. The molecule has 0 unspecified atom stereocenters.